The van der Waals surface area contributed by atoms with E-state index in [0.717, 1.165) is 12.1 Å². The third-order valence-electron chi connectivity index (χ3n) is 3.55. The zero-order valence-corrected chi connectivity index (χ0v) is 16.0. The second kappa shape index (κ2) is 11.3. The second-order valence-corrected chi connectivity index (χ2v) is 5.78. The van der Waals surface area contributed by atoms with E-state index >= 15 is 0 Å². The second-order valence-electron chi connectivity index (χ2n) is 5.78. The molecular formula is C20H17NO11. The van der Waals surface area contributed by atoms with Gasteiger partial charge in [-0.3, -0.25) is 14.9 Å². The number of aldehydes is 1. The highest BCUT2D eigenvalue weighted by Crippen LogP contribution is 2.35. The number of carboxylic acids is 1. The number of nitro groups is 1. The maximum atomic E-state index is 10.3. The van der Waals surface area contributed by atoms with Gasteiger partial charge in [0.05, 0.1) is 10.5 Å². The van der Waals surface area contributed by atoms with Gasteiger partial charge >= 0.3 is 5.97 Å². The number of phenols is 6. The summed E-state index contributed by atoms with van der Waals surface area (Å²) in [5.41, 5.74) is 0.147. The Hall–Kier alpha value is -5.00. The highest BCUT2D eigenvalue weighted by molar-refractivity contribution is 5.89. The lowest BCUT2D eigenvalue weighted by Crippen LogP contribution is -1.95. The van der Waals surface area contributed by atoms with Gasteiger partial charge in [-0.25, -0.2) is 4.79 Å². The number of aromatic carboxylic acids is 1. The first-order valence-electron chi connectivity index (χ1n) is 8.35. The number of rotatable bonds is 3. The molecule has 3 rings (SSSR count). The maximum absolute atomic E-state index is 10.3. The van der Waals surface area contributed by atoms with Crippen molar-refractivity contribution in [3.8, 4) is 34.5 Å². The molecule has 0 radical (unpaired) electrons. The molecule has 0 spiro atoms. The molecule has 0 atom stereocenters. The van der Waals surface area contributed by atoms with Crippen LogP contribution in [0.4, 0.5) is 5.69 Å². The van der Waals surface area contributed by atoms with Crippen molar-refractivity contribution in [1.29, 1.82) is 0 Å². The fraction of sp³-hybridized carbons (Fsp3) is 0. The standard InChI is InChI=1S/C7H5NO3.C7H6O5.C6H6O3/c9-5-6-1-3-7(4-2-6)8(10)11;8-4-1-3(7(11)12)2-5(9)6(4)10;7-4-2-1-3-5(8)6(4)9/h1-5H;1-2,8-10H,(H,11,12);1-3,7-9H. The molecule has 0 fully saturated rings. The molecule has 0 aliphatic carbocycles. The summed E-state index contributed by atoms with van der Waals surface area (Å²) in [6.45, 7) is 0. The Kier molecular flexibility index (Phi) is 8.80. The van der Waals surface area contributed by atoms with Gasteiger partial charge in [-0.1, -0.05) is 6.07 Å². The monoisotopic (exact) mass is 447 g/mol. The predicted octanol–water partition coefficient (Wildman–Crippen LogP) is 2.71. The number of benzene rings is 3. The van der Waals surface area contributed by atoms with Crippen LogP contribution in [-0.2, 0) is 0 Å². The SMILES string of the molecule is O=C(O)c1cc(O)c(O)c(O)c1.O=Cc1ccc([N+](=O)[O-])cc1.Oc1cccc(O)c1O. The van der Waals surface area contributed by atoms with E-state index in [0.29, 0.717) is 11.8 Å². The molecule has 0 amide bonds. The first-order valence-corrected chi connectivity index (χ1v) is 8.35. The van der Waals surface area contributed by atoms with E-state index in [4.69, 9.17) is 35.7 Å². The highest BCUT2D eigenvalue weighted by Gasteiger charge is 2.11. The van der Waals surface area contributed by atoms with E-state index in [-0.39, 0.29) is 22.7 Å². The molecule has 0 aromatic heterocycles. The smallest absolute Gasteiger partial charge is 0.335 e. The van der Waals surface area contributed by atoms with Crippen LogP contribution >= 0.6 is 0 Å². The van der Waals surface area contributed by atoms with E-state index in [9.17, 15) is 19.7 Å². The highest BCUT2D eigenvalue weighted by atomic mass is 16.6. The summed E-state index contributed by atoms with van der Waals surface area (Å²) >= 11 is 0. The summed E-state index contributed by atoms with van der Waals surface area (Å²) in [5, 5.41) is 71.2. The first kappa shape index (κ1) is 25.0. The molecule has 7 N–H and O–H groups in total. The van der Waals surface area contributed by atoms with Crippen LogP contribution in [0.25, 0.3) is 0 Å². The summed E-state index contributed by atoms with van der Waals surface area (Å²) < 4.78 is 0. The lowest BCUT2D eigenvalue weighted by atomic mass is 10.2. The summed E-state index contributed by atoms with van der Waals surface area (Å²) in [5.74, 6) is -4.43. The van der Waals surface area contributed by atoms with Gasteiger partial charge in [0.1, 0.15) is 6.29 Å². The molecule has 0 heterocycles. The Bertz CT molecular complexity index is 1070. The summed E-state index contributed by atoms with van der Waals surface area (Å²) in [6.07, 6.45) is 0.643. The molecule has 3 aromatic rings. The number of para-hydroxylation sites is 1. The normalized spacial score (nSPS) is 9.38. The average molecular weight is 447 g/mol. The van der Waals surface area contributed by atoms with Crippen LogP contribution in [0.5, 0.6) is 34.5 Å². The largest absolute Gasteiger partial charge is 0.504 e. The van der Waals surface area contributed by atoms with Gasteiger partial charge in [-0.05, 0) is 36.4 Å². The van der Waals surface area contributed by atoms with E-state index in [1.165, 1.54) is 42.5 Å². The molecule has 0 aliphatic heterocycles. The third-order valence-corrected chi connectivity index (χ3v) is 3.55. The number of nitrogens with zero attached hydrogens (tertiary/aromatic N) is 1. The number of phenolic OH excluding ortho intramolecular Hbond substituents is 6. The lowest BCUT2D eigenvalue weighted by Gasteiger charge is -2.01. The molecule has 0 saturated carbocycles. The minimum Gasteiger partial charge on any atom is -0.504 e. The van der Waals surface area contributed by atoms with Gasteiger partial charge in [0, 0.05) is 17.7 Å². The molecule has 0 saturated heterocycles. The van der Waals surface area contributed by atoms with Crippen LogP contribution < -0.4 is 0 Å². The summed E-state index contributed by atoms with van der Waals surface area (Å²) in [7, 11) is 0. The zero-order valence-electron chi connectivity index (χ0n) is 16.0. The molecule has 0 unspecified atom stereocenters. The topological polar surface area (TPSA) is 219 Å². The number of carbonyl (C=O) groups is 2. The summed E-state index contributed by atoms with van der Waals surface area (Å²) in [4.78, 5) is 30.0. The van der Waals surface area contributed by atoms with Gasteiger partial charge in [0.15, 0.2) is 34.5 Å². The Morgan fingerprint density at radius 2 is 1.22 bits per heavy atom. The fourth-order valence-corrected chi connectivity index (χ4v) is 1.92. The number of carboxylic acid groups (broad SMARTS) is 1. The summed E-state index contributed by atoms with van der Waals surface area (Å²) in [6, 6.07) is 11.1. The quantitative estimate of drug-likeness (QED) is 0.134. The predicted molar refractivity (Wildman–Crippen MR) is 108 cm³/mol. The molecule has 168 valence electrons. The van der Waals surface area contributed by atoms with Gasteiger partial charge < -0.3 is 35.7 Å². The van der Waals surface area contributed by atoms with Crippen LogP contribution in [-0.4, -0.2) is 52.9 Å². The van der Waals surface area contributed by atoms with Crippen molar-refractivity contribution >= 4 is 17.9 Å². The molecule has 0 aliphatic rings. The van der Waals surface area contributed by atoms with Crippen LogP contribution in [0.15, 0.2) is 54.6 Å². The Morgan fingerprint density at radius 3 is 1.56 bits per heavy atom. The van der Waals surface area contributed by atoms with Gasteiger partial charge in [-0.15, -0.1) is 0 Å². The number of hydrogen-bond acceptors (Lipinski definition) is 10. The minimum atomic E-state index is -1.29. The molecule has 12 heteroatoms. The number of carbonyl (C=O) groups excluding carboxylic acids is 1. The van der Waals surface area contributed by atoms with Crippen molar-refractivity contribution < 1.29 is 50.3 Å². The number of nitro benzene ring substituents is 1. The number of aromatic hydroxyl groups is 6. The Balaban J connectivity index is 0.000000242. The fourth-order valence-electron chi connectivity index (χ4n) is 1.92. The molecule has 3 aromatic carbocycles. The number of hydrogen-bond donors (Lipinski definition) is 7. The average Bonchev–Trinajstić information content (AvgIpc) is 2.76. The molecule has 32 heavy (non-hydrogen) atoms. The van der Waals surface area contributed by atoms with Crippen molar-refractivity contribution in [2.75, 3.05) is 0 Å². The van der Waals surface area contributed by atoms with Crippen LogP contribution in [0.2, 0.25) is 0 Å². The Morgan fingerprint density at radius 1 is 0.781 bits per heavy atom. The van der Waals surface area contributed by atoms with Crippen molar-refractivity contribution in [3.05, 3.63) is 75.8 Å². The van der Waals surface area contributed by atoms with Gasteiger partial charge in [0.2, 0.25) is 0 Å². The van der Waals surface area contributed by atoms with E-state index in [2.05, 4.69) is 0 Å². The van der Waals surface area contributed by atoms with Crippen molar-refractivity contribution in [2.45, 2.75) is 0 Å². The Labute approximate surface area is 179 Å². The van der Waals surface area contributed by atoms with Crippen molar-refractivity contribution in [3.63, 3.8) is 0 Å². The van der Waals surface area contributed by atoms with Crippen LogP contribution in [0.1, 0.15) is 20.7 Å². The molecule has 0 bridgehead atoms. The van der Waals surface area contributed by atoms with Crippen molar-refractivity contribution in [1.82, 2.24) is 0 Å². The zero-order chi connectivity index (χ0) is 24.4. The van der Waals surface area contributed by atoms with E-state index in [1.807, 2.05) is 0 Å². The van der Waals surface area contributed by atoms with Gasteiger partial charge in [-0.2, -0.15) is 0 Å². The van der Waals surface area contributed by atoms with E-state index in [1.54, 1.807) is 0 Å². The van der Waals surface area contributed by atoms with Crippen molar-refractivity contribution in [2.24, 2.45) is 0 Å². The minimum absolute atomic E-state index is 0.00407. The van der Waals surface area contributed by atoms with Crippen LogP contribution in [0, 0.1) is 10.1 Å². The van der Waals surface area contributed by atoms with E-state index < -0.39 is 33.9 Å². The molecular weight excluding hydrogens is 430 g/mol. The first-order chi connectivity index (χ1) is 15.0. The van der Waals surface area contributed by atoms with Crippen LogP contribution in [0.3, 0.4) is 0 Å². The third kappa shape index (κ3) is 7.11. The lowest BCUT2D eigenvalue weighted by molar-refractivity contribution is -0.384. The van der Waals surface area contributed by atoms with Gasteiger partial charge in [0.25, 0.3) is 5.69 Å². The molecule has 12 nitrogen and oxygen atoms in total. The number of non-ortho nitro benzene ring substituents is 1. The maximum Gasteiger partial charge on any atom is 0.335 e.